The van der Waals surface area contributed by atoms with Gasteiger partial charge in [0.2, 0.25) is 5.91 Å². The summed E-state index contributed by atoms with van der Waals surface area (Å²) in [7, 11) is 3.63. The number of hydrogen-bond donors (Lipinski definition) is 0. The first-order valence-corrected chi connectivity index (χ1v) is 8.93. The molecule has 2 aromatic rings. The average Bonchev–Trinajstić information content (AvgIpc) is 3.19. The van der Waals surface area contributed by atoms with Gasteiger partial charge in [0.05, 0.1) is 18.8 Å². The fourth-order valence-corrected chi connectivity index (χ4v) is 3.82. The van der Waals surface area contributed by atoms with Crippen LogP contribution in [0, 0.1) is 13.8 Å². The summed E-state index contributed by atoms with van der Waals surface area (Å²) in [4.78, 5) is 14.9. The van der Waals surface area contributed by atoms with E-state index in [0.29, 0.717) is 6.42 Å². The van der Waals surface area contributed by atoms with Crippen LogP contribution in [0.25, 0.3) is 0 Å². The number of ether oxygens (including phenoxy) is 1. The minimum Gasteiger partial charge on any atom is -0.497 e. The van der Waals surface area contributed by atoms with Crippen LogP contribution < -0.4 is 4.74 Å². The van der Waals surface area contributed by atoms with Crippen molar-refractivity contribution >= 4 is 5.91 Å². The number of likely N-dealkylation sites (tertiary alicyclic amines) is 1. The first kappa shape index (κ1) is 17.5. The fraction of sp³-hybridized carbons (Fsp3) is 0.500. The molecule has 1 aromatic carbocycles. The van der Waals surface area contributed by atoms with E-state index in [4.69, 9.17) is 4.74 Å². The third-order valence-electron chi connectivity index (χ3n) is 5.30. The van der Waals surface area contributed by atoms with Crippen LogP contribution >= 0.6 is 0 Å². The standard InChI is InChI=1S/C20H27N3O2/c1-14-18(15(2)22(3)21-14)10-11-20(24)23-12-6-9-19(23)16-7-5-8-17(13-16)25-4/h5,7-8,13,19H,6,9-12H2,1-4H3. The Morgan fingerprint density at radius 1 is 1.36 bits per heavy atom. The van der Waals surface area contributed by atoms with Crippen molar-refractivity contribution in [1.82, 2.24) is 14.7 Å². The van der Waals surface area contributed by atoms with E-state index in [1.807, 2.05) is 41.8 Å². The lowest BCUT2D eigenvalue weighted by Gasteiger charge is -2.25. The van der Waals surface area contributed by atoms with Gasteiger partial charge in [0.15, 0.2) is 0 Å². The van der Waals surface area contributed by atoms with Gasteiger partial charge in [-0.05, 0) is 56.4 Å². The van der Waals surface area contributed by atoms with Crippen LogP contribution in [0.3, 0.4) is 0 Å². The second-order valence-corrected chi connectivity index (χ2v) is 6.79. The maximum absolute atomic E-state index is 12.9. The van der Waals surface area contributed by atoms with Crippen LogP contribution in [0.5, 0.6) is 5.75 Å². The molecule has 0 radical (unpaired) electrons. The van der Waals surface area contributed by atoms with E-state index >= 15 is 0 Å². The quantitative estimate of drug-likeness (QED) is 0.838. The molecule has 134 valence electrons. The highest BCUT2D eigenvalue weighted by molar-refractivity contribution is 5.77. The van der Waals surface area contributed by atoms with Gasteiger partial charge in [0.1, 0.15) is 5.75 Å². The molecule has 0 aliphatic carbocycles. The summed E-state index contributed by atoms with van der Waals surface area (Å²) < 4.78 is 7.22. The first-order chi connectivity index (χ1) is 12.0. The normalized spacial score (nSPS) is 17.1. The highest BCUT2D eigenvalue weighted by atomic mass is 16.5. The Hall–Kier alpha value is -2.30. The van der Waals surface area contributed by atoms with Gasteiger partial charge in [-0.3, -0.25) is 9.48 Å². The predicted molar refractivity (Wildman–Crippen MR) is 97.7 cm³/mol. The van der Waals surface area contributed by atoms with E-state index in [1.165, 1.54) is 11.1 Å². The van der Waals surface area contributed by atoms with Crippen LogP contribution in [0.2, 0.25) is 0 Å². The molecule has 0 N–H and O–H groups in total. The predicted octanol–water partition coefficient (Wildman–Crippen LogP) is 3.34. The summed E-state index contributed by atoms with van der Waals surface area (Å²) in [6.45, 7) is 4.92. The zero-order valence-corrected chi connectivity index (χ0v) is 15.6. The minimum absolute atomic E-state index is 0.165. The Morgan fingerprint density at radius 2 is 2.16 bits per heavy atom. The number of carbonyl (C=O) groups is 1. The van der Waals surface area contributed by atoms with E-state index in [-0.39, 0.29) is 11.9 Å². The van der Waals surface area contributed by atoms with Crippen LogP contribution in [-0.4, -0.2) is 34.2 Å². The second kappa shape index (κ2) is 7.30. The number of amides is 1. The molecule has 1 unspecified atom stereocenters. The molecule has 1 atom stereocenters. The van der Waals surface area contributed by atoms with E-state index in [2.05, 4.69) is 18.1 Å². The molecule has 1 amide bonds. The number of rotatable bonds is 5. The van der Waals surface area contributed by atoms with Crippen LogP contribution in [0.15, 0.2) is 24.3 Å². The number of methoxy groups -OCH3 is 1. The Kier molecular flexibility index (Phi) is 5.11. The monoisotopic (exact) mass is 341 g/mol. The molecule has 1 aliphatic heterocycles. The average molecular weight is 341 g/mol. The van der Waals surface area contributed by atoms with E-state index < -0.39 is 0 Å². The van der Waals surface area contributed by atoms with Crippen molar-refractivity contribution in [3.63, 3.8) is 0 Å². The maximum atomic E-state index is 12.9. The summed E-state index contributed by atoms with van der Waals surface area (Å²) in [6.07, 6.45) is 3.36. The van der Waals surface area contributed by atoms with Crippen molar-refractivity contribution < 1.29 is 9.53 Å². The number of nitrogens with zero attached hydrogens (tertiary/aromatic N) is 3. The molecule has 25 heavy (non-hydrogen) atoms. The Labute approximate surface area is 149 Å². The molecule has 5 nitrogen and oxygen atoms in total. The molecule has 1 fully saturated rings. The topological polar surface area (TPSA) is 47.4 Å². The summed E-state index contributed by atoms with van der Waals surface area (Å²) in [5, 5.41) is 4.45. The van der Waals surface area contributed by atoms with Gasteiger partial charge >= 0.3 is 0 Å². The van der Waals surface area contributed by atoms with Crippen molar-refractivity contribution in [2.24, 2.45) is 7.05 Å². The summed E-state index contributed by atoms with van der Waals surface area (Å²) in [5.74, 6) is 1.08. The smallest absolute Gasteiger partial charge is 0.223 e. The molecule has 0 spiro atoms. The summed E-state index contributed by atoms with van der Waals surface area (Å²) in [5.41, 5.74) is 4.54. The molecule has 1 saturated heterocycles. The highest BCUT2D eigenvalue weighted by Gasteiger charge is 2.30. The molecule has 1 aliphatic rings. The van der Waals surface area contributed by atoms with Crippen LogP contribution in [0.1, 0.15) is 47.8 Å². The van der Waals surface area contributed by atoms with Gasteiger partial charge in [-0.1, -0.05) is 12.1 Å². The molecule has 2 heterocycles. The number of aryl methyl sites for hydroxylation is 2. The van der Waals surface area contributed by atoms with Crippen molar-refractivity contribution in [1.29, 1.82) is 0 Å². The van der Waals surface area contributed by atoms with Gasteiger partial charge in [0.25, 0.3) is 0 Å². The van der Waals surface area contributed by atoms with Crippen molar-refractivity contribution in [2.45, 2.75) is 45.6 Å². The summed E-state index contributed by atoms with van der Waals surface area (Å²) >= 11 is 0. The lowest BCUT2D eigenvalue weighted by atomic mass is 10.0. The van der Waals surface area contributed by atoms with Crippen molar-refractivity contribution in [2.75, 3.05) is 13.7 Å². The molecule has 0 bridgehead atoms. The summed E-state index contributed by atoms with van der Waals surface area (Å²) in [6, 6.07) is 8.24. The first-order valence-electron chi connectivity index (χ1n) is 8.93. The van der Waals surface area contributed by atoms with Gasteiger partial charge in [0, 0.05) is 25.7 Å². The number of benzene rings is 1. The zero-order valence-electron chi connectivity index (χ0n) is 15.6. The second-order valence-electron chi connectivity index (χ2n) is 6.79. The third-order valence-corrected chi connectivity index (χ3v) is 5.30. The van der Waals surface area contributed by atoms with Crippen molar-refractivity contribution in [3.05, 3.63) is 46.8 Å². The largest absolute Gasteiger partial charge is 0.497 e. The lowest BCUT2D eigenvalue weighted by Crippen LogP contribution is -2.30. The Balaban J connectivity index is 1.70. The van der Waals surface area contributed by atoms with E-state index in [0.717, 1.165) is 42.9 Å². The number of aromatic nitrogens is 2. The Morgan fingerprint density at radius 3 is 2.84 bits per heavy atom. The molecule has 0 saturated carbocycles. The van der Waals surface area contributed by atoms with Crippen LogP contribution in [0.4, 0.5) is 0 Å². The number of hydrogen-bond acceptors (Lipinski definition) is 3. The van der Waals surface area contributed by atoms with E-state index in [1.54, 1.807) is 7.11 Å². The molecule has 3 rings (SSSR count). The number of carbonyl (C=O) groups excluding carboxylic acids is 1. The van der Waals surface area contributed by atoms with Gasteiger partial charge < -0.3 is 9.64 Å². The SMILES string of the molecule is COc1cccc(C2CCCN2C(=O)CCc2c(C)nn(C)c2C)c1. The van der Waals surface area contributed by atoms with Gasteiger partial charge in [-0.25, -0.2) is 0 Å². The fourth-order valence-electron chi connectivity index (χ4n) is 3.82. The maximum Gasteiger partial charge on any atom is 0.223 e. The molecular weight excluding hydrogens is 314 g/mol. The van der Waals surface area contributed by atoms with Crippen LogP contribution in [-0.2, 0) is 18.3 Å². The lowest BCUT2D eigenvalue weighted by molar-refractivity contribution is -0.132. The Bertz CT molecular complexity index is 766. The van der Waals surface area contributed by atoms with Gasteiger partial charge in [-0.2, -0.15) is 5.10 Å². The molecular formula is C20H27N3O2. The molecule has 1 aromatic heterocycles. The highest BCUT2D eigenvalue weighted by Crippen LogP contribution is 2.34. The molecule has 5 heteroatoms. The zero-order chi connectivity index (χ0) is 18.0. The minimum atomic E-state index is 0.165. The van der Waals surface area contributed by atoms with Crippen molar-refractivity contribution in [3.8, 4) is 5.75 Å². The third kappa shape index (κ3) is 3.55. The van der Waals surface area contributed by atoms with Gasteiger partial charge in [-0.15, -0.1) is 0 Å². The van der Waals surface area contributed by atoms with E-state index in [9.17, 15) is 4.79 Å².